The summed E-state index contributed by atoms with van der Waals surface area (Å²) in [6.45, 7) is 8.14. The van der Waals surface area contributed by atoms with Crippen LogP contribution in [0, 0.1) is 0 Å². The Bertz CT molecular complexity index is 223. The molecule has 0 spiro atoms. The summed E-state index contributed by atoms with van der Waals surface area (Å²) < 4.78 is 6.04. The maximum Gasteiger partial charge on any atom is 0.234 e. The average Bonchev–Trinajstić information content (AvgIpc) is 2.36. The van der Waals surface area contributed by atoms with E-state index >= 15 is 0 Å². The van der Waals surface area contributed by atoms with Gasteiger partial charge in [-0.3, -0.25) is 0 Å². The maximum absolute atomic E-state index is 9.87. The van der Waals surface area contributed by atoms with E-state index in [1.54, 1.807) is 6.08 Å². The smallest absolute Gasteiger partial charge is 0.234 e. The van der Waals surface area contributed by atoms with Gasteiger partial charge in [-0.25, -0.2) is 9.79 Å². The molecule has 0 rings (SSSR count). The average molecular weight is 257 g/mol. The molecular weight excluding hydrogens is 230 g/mol. The van der Waals surface area contributed by atoms with Crippen LogP contribution in [-0.2, 0) is 9.22 Å². The van der Waals surface area contributed by atoms with Crippen LogP contribution in [0.4, 0.5) is 0 Å². The van der Waals surface area contributed by atoms with Crippen molar-refractivity contribution in [3.63, 3.8) is 0 Å². The summed E-state index contributed by atoms with van der Waals surface area (Å²) >= 11 is 0. The van der Waals surface area contributed by atoms with Crippen molar-refractivity contribution in [3.05, 3.63) is 0 Å². The molecule has 0 aliphatic rings. The standard InChI is InChI=1S/C13H27NO2Si/c1-4-16-17(5-2,6-3)12-10-8-7-9-11-14-13-15/h4-12H2,1-3H3. The van der Waals surface area contributed by atoms with Gasteiger partial charge in [0, 0.05) is 6.61 Å². The lowest BCUT2D eigenvalue weighted by atomic mass is 10.2. The van der Waals surface area contributed by atoms with E-state index in [9.17, 15) is 4.79 Å². The second kappa shape index (κ2) is 10.7. The van der Waals surface area contributed by atoms with Gasteiger partial charge in [0.2, 0.25) is 6.08 Å². The van der Waals surface area contributed by atoms with E-state index in [0.717, 1.165) is 19.4 Å². The molecule has 0 aromatic rings. The minimum atomic E-state index is -1.40. The number of rotatable bonds is 11. The van der Waals surface area contributed by atoms with Gasteiger partial charge in [-0.2, -0.15) is 0 Å². The molecule has 0 unspecified atom stereocenters. The van der Waals surface area contributed by atoms with Crippen molar-refractivity contribution in [2.24, 2.45) is 4.99 Å². The topological polar surface area (TPSA) is 38.7 Å². The Hall–Kier alpha value is -0.443. The monoisotopic (exact) mass is 257 g/mol. The Morgan fingerprint density at radius 3 is 2.24 bits per heavy atom. The minimum Gasteiger partial charge on any atom is -0.417 e. The second-order valence-corrected chi connectivity index (χ2v) is 9.03. The molecule has 0 N–H and O–H groups in total. The van der Waals surface area contributed by atoms with Gasteiger partial charge in [-0.05, 0) is 31.5 Å². The molecule has 0 heterocycles. The van der Waals surface area contributed by atoms with Crippen LogP contribution in [0.15, 0.2) is 4.99 Å². The molecule has 0 aliphatic heterocycles. The van der Waals surface area contributed by atoms with Gasteiger partial charge in [-0.15, -0.1) is 0 Å². The van der Waals surface area contributed by atoms with Crippen molar-refractivity contribution in [1.29, 1.82) is 0 Å². The molecule has 0 amide bonds. The van der Waals surface area contributed by atoms with Gasteiger partial charge >= 0.3 is 0 Å². The van der Waals surface area contributed by atoms with Crippen LogP contribution in [0.1, 0.15) is 46.5 Å². The maximum atomic E-state index is 9.87. The molecule has 0 aromatic heterocycles. The molecule has 0 aliphatic carbocycles. The molecule has 0 aromatic carbocycles. The first kappa shape index (κ1) is 16.6. The zero-order chi connectivity index (χ0) is 13.0. The number of isocyanates is 1. The molecular formula is C13H27NO2Si. The molecule has 4 heteroatoms. The van der Waals surface area contributed by atoms with E-state index in [0.29, 0.717) is 6.54 Å². The minimum absolute atomic E-state index is 0.638. The third-order valence-electron chi connectivity index (χ3n) is 3.46. The van der Waals surface area contributed by atoms with Crippen LogP contribution < -0.4 is 0 Å². The van der Waals surface area contributed by atoms with Gasteiger partial charge in [0.15, 0.2) is 8.32 Å². The Morgan fingerprint density at radius 1 is 1.06 bits per heavy atom. The van der Waals surface area contributed by atoms with E-state index in [1.807, 2.05) is 0 Å². The fraction of sp³-hybridized carbons (Fsp3) is 0.923. The van der Waals surface area contributed by atoms with Crippen molar-refractivity contribution >= 4 is 14.4 Å². The Kier molecular flexibility index (Phi) is 10.4. The largest absolute Gasteiger partial charge is 0.417 e. The fourth-order valence-electron chi connectivity index (χ4n) is 2.22. The predicted octanol–water partition coefficient (Wildman–Crippen LogP) is 3.90. The van der Waals surface area contributed by atoms with Gasteiger partial charge in [0.05, 0.1) is 6.54 Å². The zero-order valence-corrected chi connectivity index (χ0v) is 12.6. The van der Waals surface area contributed by atoms with E-state index < -0.39 is 8.32 Å². The first-order valence-corrected chi connectivity index (χ1v) is 9.45. The SMILES string of the molecule is CCO[Si](CC)(CC)CCCCCCN=C=O. The van der Waals surface area contributed by atoms with Gasteiger partial charge in [0.25, 0.3) is 0 Å². The predicted molar refractivity (Wildman–Crippen MR) is 74.6 cm³/mol. The number of nitrogens with zero attached hydrogens (tertiary/aromatic N) is 1. The van der Waals surface area contributed by atoms with Crippen LogP contribution in [0.25, 0.3) is 0 Å². The lowest BCUT2D eigenvalue weighted by Gasteiger charge is -2.28. The van der Waals surface area contributed by atoms with Crippen LogP contribution in [-0.4, -0.2) is 27.5 Å². The third-order valence-corrected chi connectivity index (χ3v) is 8.20. The summed E-state index contributed by atoms with van der Waals surface area (Å²) in [5, 5.41) is 0. The van der Waals surface area contributed by atoms with Gasteiger partial charge in [0.1, 0.15) is 0 Å². The number of carbonyl (C=O) groups excluding carboxylic acids is 1. The van der Waals surface area contributed by atoms with E-state index in [-0.39, 0.29) is 0 Å². The Morgan fingerprint density at radius 2 is 1.71 bits per heavy atom. The summed E-state index contributed by atoms with van der Waals surface area (Å²) in [4.78, 5) is 13.4. The molecule has 17 heavy (non-hydrogen) atoms. The van der Waals surface area contributed by atoms with Crippen LogP contribution in [0.5, 0.6) is 0 Å². The quantitative estimate of drug-likeness (QED) is 0.244. The van der Waals surface area contributed by atoms with Crippen molar-refractivity contribution in [2.75, 3.05) is 13.2 Å². The highest BCUT2D eigenvalue weighted by Gasteiger charge is 2.29. The fourth-order valence-corrected chi connectivity index (χ4v) is 5.49. The highest BCUT2D eigenvalue weighted by Crippen LogP contribution is 2.25. The zero-order valence-electron chi connectivity index (χ0n) is 11.6. The number of aliphatic imine (C=N–C) groups is 1. The van der Waals surface area contributed by atoms with E-state index in [2.05, 4.69) is 25.8 Å². The molecule has 0 radical (unpaired) electrons. The highest BCUT2D eigenvalue weighted by atomic mass is 28.4. The summed E-state index contributed by atoms with van der Waals surface area (Å²) in [6.07, 6.45) is 6.25. The molecule has 0 saturated carbocycles. The van der Waals surface area contributed by atoms with Gasteiger partial charge in [-0.1, -0.05) is 33.1 Å². The van der Waals surface area contributed by atoms with Crippen LogP contribution in [0.3, 0.4) is 0 Å². The molecule has 3 nitrogen and oxygen atoms in total. The molecule has 0 bridgehead atoms. The number of unbranched alkanes of at least 4 members (excludes halogenated alkanes) is 3. The van der Waals surface area contributed by atoms with E-state index in [1.165, 1.54) is 31.0 Å². The molecule has 100 valence electrons. The highest BCUT2D eigenvalue weighted by molar-refractivity contribution is 6.73. The van der Waals surface area contributed by atoms with Crippen LogP contribution >= 0.6 is 0 Å². The number of hydrogen-bond donors (Lipinski definition) is 0. The molecule has 0 atom stereocenters. The van der Waals surface area contributed by atoms with Crippen molar-refractivity contribution in [1.82, 2.24) is 0 Å². The molecule has 0 saturated heterocycles. The van der Waals surface area contributed by atoms with Crippen molar-refractivity contribution < 1.29 is 9.22 Å². The Balaban J connectivity index is 3.71. The summed E-state index contributed by atoms with van der Waals surface area (Å²) in [5.74, 6) is 0. The summed E-state index contributed by atoms with van der Waals surface area (Å²) in [6, 6.07) is 3.74. The van der Waals surface area contributed by atoms with E-state index in [4.69, 9.17) is 4.43 Å². The van der Waals surface area contributed by atoms with Crippen molar-refractivity contribution in [2.45, 2.75) is 64.6 Å². The second-order valence-electron chi connectivity index (χ2n) is 4.46. The summed E-state index contributed by atoms with van der Waals surface area (Å²) in [5.41, 5.74) is 0. The van der Waals surface area contributed by atoms with Crippen LogP contribution in [0.2, 0.25) is 18.1 Å². The van der Waals surface area contributed by atoms with Gasteiger partial charge < -0.3 is 4.43 Å². The first-order valence-electron chi connectivity index (χ1n) is 6.92. The lowest BCUT2D eigenvalue weighted by Crippen LogP contribution is -2.36. The van der Waals surface area contributed by atoms with Crippen molar-refractivity contribution in [3.8, 4) is 0 Å². The summed E-state index contributed by atoms with van der Waals surface area (Å²) in [7, 11) is -1.40. The molecule has 0 fully saturated rings. The Labute approximate surface area is 107 Å². The first-order chi connectivity index (χ1) is 8.24. The lowest BCUT2D eigenvalue weighted by molar-refractivity contribution is 0.318. The third kappa shape index (κ3) is 7.48. The normalized spacial score (nSPS) is 11.2. The number of hydrogen-bond acceptors (Lipinski definition) is 3.